The molecule has 0 aliphatic heterocycles. The van der Waals surface area contributed by atoms with Crippen LogP contribution in [0, 0.1) is 0 Å². The van der Waals surface area contributed by atoms with Crippen LogP contribution < -0.4 is 9.80 Å². The molecule has 0 saturated heterocycles. The zero-order chi connectivity index (χ0) is 44.8. The van der Waals surface area contributed by atoms with Crippen LogP contribution in [0.3, 0.4) is 0 Å². The second kappa shape index (κ2) is 13.6. The van der Waals surface area contributed by atoms with E-state index in [0.29, 0.717) is 0 Å². The third-order valence-electron chi connectivity index (χ3n) is 15.0. The summed E-state index contributed by atoms with van der Waals surface area (Å²) in [5.74, 6) is 0. The highest BCUT2D eigenvalue weighted by molar-refractivity contribution is 6.27. The Balaban J connectivity index is 1.06. The third-order valence-corrected chi connectivity index (χ3v) is 15.0. The minimum absolute atomic E-state index is 0.172. The van der Waals surface area contributed by atoms with Gasteiger partial charge in [0, 0.05) is 60.5 Å². The first-order valence-corrected chi connectivity index (χ1v) is 23.5. The Morgan fingerprint density at radius 3 is 1.49 bits per heavy atom. The monoisotopic (exact) mass is 870 g/mol. The van der Waals surface area contributed by atoms with E-state index >= 15 is 0 Å². The SMILES string of the molecule is CC1(C)c2ccccc2-c2ccc(N(c3ccc4oc5ccccc5c4c3)c3ccc4c5c3c3ccccc3n5c3ccc(N(c5ccccc5)c5ccccc5)c5c6ccccc6n4c53)cc21. The van der Waals surface area contributed by atoms with Gasteiger partial charge in [0.1, 0.15) is 11.2 Å². The molecule has 10 aromatic carbocycles. The Labute approximate surface area is 391 Å². The standard InChI is InChI=1S/C63H42N4O/c1-63(2)49-25-13-9-21-43(49)44-31-29-42(38-50(44)63)65(41-30-36-58-48(37-41)45-22-12-16-28-57(45)68-58)54-33-35-56-62-60(54)47-24-11-15-27-52(47)67(62)55-34-32-53(59-46-23-10-14-26-51(46)66(56)61(55)59)64(39-17-5-3-6-18-39)40-19-7-4-8-20-40/h3-38H,1-2H3. The van der Waals surface area contributed by atoms with E-state index in [1.807, 2.05) is 6.07 Å². The summed E-state index contributed by atoms with van der Waals surface area (Å²) >= 11 is 0. The second-order valence-corrected chi connectivity index (χ2v) is 18.9. The van der Waals surface area contributed by atoms with Crippen LogP contribution in [0.25, 0.3) is 87.7 Å². The molecule has 0 spiro atoms. The Hall–Kier alpha value is -8.80. The minimum Gasteiger partial charge on any atom is -0.456 e. The molecule has 0 bridgehead atoms. The van der Waals surface area contributed by atoms with E-state index in [2.05, 4.69) is 245 Å². The van der Waals surface area contributed by atoms with Crippen molar-refractivity contribution in [3.05, 3.63) is 230 Å². The molecule has 1 aliphatic rings. The van der Waals surface area contributed by atoms with Crippen LogP contribution in [-0.2, 0) is 5.41 Å². The van der Waals surface area contributed by atoms with Crippen LogP contribution >= 0.6 is 0 Å². The van der Waals surface area contributed by atoms with Gasteiger partial charge < -0.3 is 23.0 Å². The summed E-state index contributed by atoms with van der Waals surface area (Å²) in [5, 5.41) is 7.05. The number of fused-ring (bicyclic) bond motifs is 14. The van der Waals surface area contributed by atoms with E-state index in [9.17, 15) is 0 Å². The largest absolute Gasteiger partial charge is 0.456 e. The fraction of sp³-hybridized carbons (Fsp3) is 0.0476. The van der Waals surface area contributed by atoms with E-state index in [1.165, 1.54) is 65.9 Å². The van der Waals surface area contributed by atoms with Gasteiger partial charge in [0.2, 0.25) is 0 Å². The van der Waals surface area contributed by atoms with Crippen molar-refractivity contribution in [2.75, 3.05) is 9.80 Å². The zero-order valence-electron chi connectivity index (χ0n) is 37.5. The summed E-state index contributed by atoms with van der Waals surface area (Å²) in [7, 11) is 0. The fourth-order valence-corrected chi connectivity index (χ4v) is 12.1. The summed E-state index contributed by atoms with van der Waals surface area (Å²) in [6.07, 6.45) is 0. The Morgan fingerprint density at radius 2 is 0.838 bits per heavy atom. The number of hydrogen-bond donors (Lipinski definition) is 0. The molecule has 320 valence electrons. The molecule has 0 fully saturated rings. The molecule has 1 aliphatic carbocycles. The van der Waals surface area contributed by atoms with Gasteiger partial charge in [-0.2, -0.15) is 0 Å². The van der Waals surface area contributed by atoms with Gasteiger partial charge in [0.15, 0.2) is 0 Å². The highest BCUT2D eigenvalue weighted by Gasteiger charge is 2.36. The van der Waals surface area contributed by atoms with Gasteiger partial charge in [0.25, 0.3) is 0 Å². The van der Waals surface area contributed by atoms with Gasteiger partial charge in [-0.1, -0.05) is 135 Å². The summed E-state index contributed by atoms with van der Waals surface area (Å²) in [6, 6.07) is 80.0. The number of anilines is 6. The highest BCUT2D eigenvalue weighted by atomic mass is 16.3. The molecule has 0 saturated carbocycles. The van der Waals surface area contributed by atoms with E-state index < -0.39 is 0 Å². The second-order valence-electron chi connectivity index (χ2n) is 18.9. The van der Waals surface area contributed by atoms with Gasteiger partial charge in [-0.05, 0) is 119 Å². The number of aromatic nitrogens is 2. The van der Waals surface area contributed by atoms with Crippen molar-refractivity contribution in [2.45, 2.75) is 19.3 Å². The van der Waals surface area contributed by atoms with Crippen LogP contribution in [0.2, 0.25) is 0 Å². The lowest BCUT2D eigenvalue weighted by atomic mass is 9.82. The van der Waals surface area contributed by atoms with E-state index in [1.54, 1.807) is 0 Å². The molecule has 15 rings (SSSR count). The fourth-order valence-electron chi connectivity index (χ4n) is 12.1. The Kier molecular flexibility index (Phi) is 7.50. The first kappa shape index (κ1) is 37.4. The quantitative estimate of drug-likeness (QED) is 0.156. The molecule has 4 heterocycles. The van der Waals surface area contributed by atoms with E-state index in [4.69, 9.17) is 4.42 Å². The molecule has 4 aromatic heterocycles. The molecular weight excluding hydrogens is 829 g/mol. The topological polar surface area (TPSA) is 28.4 Å². The molecule has 0 unspecified atom stereocenters. The Morgan fingerprint density at radius 1 is 0.353 bits per heavy atom. The number of hydrogen-bond acceptors (Lipinski definition) is 3. The molecule has 0 radical (unpaired) electrons. The van der Waals surface area contributed by atoms with Crippen molar-refractivity contribution >= 4 is 111 Å². The average molecular weight is 871 g/mol. The van der Waals surface area contributed by atoms with E-state index in [0.717, 1.165) is 67.1 Å². The smallest absolute Gasteiger partial charge is 0.135 e. The number of furan rings is 1. The van der Waals surface area contributed by atoms with Gasteiger partial charge >= 0.3 is 0 Å². The molecule has 68 heavy (non-hydrogen) atoms. The minimum atomic E-state index is -0.172. The molecule has 0 N–H and O–H groups in total. The summed E-state index contributed by atoms with van der Waals surface area (Å²) in [5.41, 5.74) is 20.6. The van der Waals surface area contributed by atoms with Gasteiger partial charge in [-0.15, -0.1) is 0 Å². The third kappa shape index (κ3) is 4.94. The summed E-state index contributed by atoms with van der Waals surface area (Å²) < 4.78 is 11.5. The molecule has 14 aromatic rings. The van der Waals surface area contributed by atoms with Crippen LogP contribution in [0.15, 0.2) is 223 Å². The van der Waals surface area contributed by atoms with E-state index in [-0.39, 0.29) is 5.41 Å². The summed E-state index contributed by atoms with van der Waals surface area (Å²) in [6.45, 7) is 4.73. The number of rotatable bonds is 6. The predicted octanol–water partition coefficient (Wildman–Crippen LogP) is 17.4. The molecule has 0 atom stereocenters. The van der Waals surface area contributed by atoms with Crippen molar-refractivity contribution in [1.29, 1.82) is 0 Å². The van der Waals surface area contributed by atoms with Crippen molar-refractivity contribution in [1.82, 2.24) is 8.80 Å². The molecule has 5 heteroatoms. The zero-order valence-corrected chi connectivity index (χ0v) is 37.5. The van der Waals surface area contributed by atoms with Crippen molar-refractivity contribution in [3.8, 4) is 11.1 Å². The molecule has 0 amide bonds. The van der Waals surface area contributed by atoms with Gasteiger partial charge in [-0.25, -0.2) is 0 Å². The van der Waals surface area contributed by atoms with Crippen LogP contribution in [0.5, 0.6) is 0 Å². The summed E-state index contributed by atoms with van der Waals surface area (Å²) in [4.78, 5) is 4.90. The van der Waals surface area contributed by atoms with Crippen LogP contribution in [-0.4, -0.2) is 8.80 Å². The van der Waals surface area contributed by atoms with Crippen molar-refractivity contribution in [3.63, 3.8) is 0 Å². The normalized spacial score (nSPS) is 13.3. The lowest BCUT2D eigenvalue weighted by Crippen LogP contribution is -2.16. The number of nitrogens with zero attached hydrogens (tertiary/aromatic N) is 4. The van der Waals surface area contributed by atoms with Gasteiger partial charge in [0.05, 0.1) is 44.5 Å². The first-order valence-electron chi connectivity index (χ1n) is 23.5. The number of benzene rings is 10. The lowest BCUT2D eigenvalue weighted by molar-refractivity contribution is 0.660. The maximum absolute atomic E-state index is 6.43. The molecular formula is C63H42N4O. The Bertz CT molecular complexity index is 4330. The van der Waals surface area contributed by atoms with Gasteiger partial charge in [-0.3, -0.25) is 0 Å². The maximum atomic E-state index is 6.43. The van der Waals surface area contributed by atoms with Crippen molar-refractivity contribution < 1.29 is 4.42 Å². The average Bonchev–Trinajstić information content (AvgIpc) is 4.11. The lowest BCUT2D eigenvalue weighted by Gasteiger charge is -2.29. The maximum Gasteiger partial charge on any atom is 0.135 e. The van der Waals surface area contributed by atoms with Crippen LogP contribution in [0.1, 0.15) is 25.0 Å². The van der Waals surface area contributed by atoms with Crippen molar-refractivity contribution in [2.24, 2.45) is 0 Å². The predicted molar refractivity (Wildman–Crippen MR) is 284 cm³/mol. The first-order chi connectivity index (χ1) is 33.5. The number of para-hydroxylation sites is 5. The molecule has 5 nitrogen and oxygen atoms in total. The highest BCUT2D eigenvalue weighted by Crippen LogP contribution is 2.53. The van der Waals surface area contributed by atoms with Crippen LogP contribution in [0.4, 0.5) is 34.1 Å².